The highest BCUT2D eigenvalue weighted by atomic mass is 31.2. The molecule has 0 bridgehead atoms. The summed E-state index contributed by atoms with van der Waals surface area (Å²) in [5.41, 5.74) is 0.690. The van der Waals surface area contributed by atoms with Crippen LogP contribution in [0.2, 0.25) is 0 Å². The molecule has 3 saturated heterocycles. The fraction of sp³-hybridized carbons (Fsp3) is 0.647. The third-order valence-electron chi connectivity index (χ3n) is 4.58. The number of fused-ring (bicyclic) bond motifs is 3. The Morgan fingerprint density at radius 1 is 1.08 bits per heavy atom. The molecular formula is C17H22FO6P. The van der Waals surface area contributed by atoms with Gasteiger partial charge in [0.2, 0.25) is 0 Å². The zero-order chi connectivity index (χ0) is 17.8. The van der Waals surface area contributed by atoms with Gasteiger partial charge in [-0.15, -0.1) is 0 Å². The van der Waals surface area contributed by atoms with Gasteiger partial charge in [-0.25, -0.2) is 4.39 Å². The van der Waals surface area contributed by atoms with E-state index in [4.69, 9.17) is 23.3 Å². The molecule has 0 aliphatic carbocycles. The summed E-state index contributed by atoms with van der Waals surface area (Å²) in [6.45, 7) is 5.51. The van der Waals surface area contributed by atoms with E-state index < -0.39 is 44.1 Å². The highest BCUT2D eigenvalue weighted by molar-refractivity contribution is 7.53. The largest absolute Gasteiger partial charge is 0.341 e. The molecule has 0 spiro atoms. The summed E-state index contributed by atoms with van der Waals surface area (Å²) in [4.78, 5) is 0. The summed E-state index contributed by atoms with van der Waals surface area (Å²) in [6.07, 6.45) is -1.85. The predicted molar refractivity (Wildman–Crippen MR) is 86.6 cm³/mol. The van der Waals surface area contributed by atoms with Crippen LogP contribution >= 0.6 is 7.60 Å². The van der Waals surface area contributed by atoms with E-state index in [1.165, 1.54) is 12.1 Å². The summed E-state index contributed by atoms with van der Waals surface area (Å²) in [5.74, 6) is -1.14. The first-order chi connectivity index (χ1) is 11.8. The number of benzene rings is 1. The Kier molecular flexibility index (Phi) is 4.30. The van der Waals surface area contributed by atoms with Crippen molar-refractivity contribution in [2.24, 2.45) is 0 Å². The molecule has 3 fully saturated rings. The molecule has 0 amide bonds. The van der Waals surface area contributed by atoms with E-state index in [1.54, 1.807) is 26.0 Å². The molecule has 3 heterocycles. The van der Waals surface area contributed by atoms with E-state index >= 15 is 0 Å². The minimum absolute atomic E-state index is 0.301. The van der Waals surface area contributed by atoms with Gasteiger partial charge >= 0.3 is 7.60 Å². The van der Waals surface area contributed by atoms with Crippen LogP contribution in [0.15, 0.2) is 24.3 Å². The normalized spacial score (nSPS) is 42.2. The van der Waals surface area contributed by atoms with Crippen LogP contribution in [-0.4, -0.2) is 36.6 Å². The molecule has 6 nitrogen and oxygen atoms in total. The van der Waals surface area contributed by atoms with Crippen LogP contribution in [0.1, 0.15) is 38.9 Å². The molecule has 0 N–H and O–H groups in total. The molecule has 1 aromatic carbocycles. The lowest BCUT2D eigenvalue weighted by Gasteiger charge is -2.39. The van der Waals surface area contributed by atoms with Crippen LogP contribution in [0.5, 0.6) is 0 Å². The fourth-order valence-corrected chi connectivity index (χ4v) is 5.60. The number of ether oxygens (including phenoxy) is 3. The quantitative estimate of drug-likeness (QED) is 0.753. The average molecular weight is 372 g/mol. The van der Waals surface area contributed by atoms with Crippen LogP contribution in [-0.2, 0) is 27.8 Å². The van der Waals surface area contributed by atoms with Crippen LogP contribution < -0.4 is 0 Å². The zero-order valence-electron chi connectivity index (χ0n) is 14.4. The molecule has 3 aliphatic heterocycles. The molecular weight excluding hydrogens is 350 g/mol. The Labute approximate surface area is 146 Å². The summed E-state index contributed by atoms with van der Waals surface area (Å²) < 4.78 is 55.7. The second-order valence-electron chi connectivity index (χ2n) is 7.05. The van der Waals surface area contributed by atoms with Crippen molar-refractivity contribution in [1.82, 2.24) is 0 Å². The minimum Gasteiger partial charge on any atom is -0.341 e. The van der Waals surface area contributed by atoms with Crippen LogP contribution in [0.4, 0.5) is 4.39 Å². The monoisotopic (exact) mass is 372 g/mol. The van der Waals surface area contributed by atoms with Crippen molar-refractivity contribution in [1.29, 1.82) is 0 Å². The van der Waals surface area contributed by atoms with Gasteiger partial charge in [0.15, 0.2) is 12.1 Å². The average Bonchev–Trinajstić information content (AvgIpc) is 3.00. The number of halogens is 1. The first kappa shape index (κ1) is 17.6. The van der Waals surface area contributed by atoms with Gasteiger partial charge in [-0.2, -0.15) is 0 Å². The van der Waals surface area contributed by atoms with E-state index in [2.05, 4.69) is 0 Å². The maximum atomic E-state index is 13.3. The molecule has 138 valence electrons. The molecule has 0 aromatic heterocycles. The third kappa shape index (κ3) is 3.18. The van der Waals surface area contributed by atoms with Gasteiger partial charge in [0.25, 0.3) is 0 Å². The second kappa shape index (κ2) is 6.12. The van der Waals surface area contributed by atoms with Crippen LogP contribution in [0.25, 0.3) is 0 Å². The molecule has 6 atom stereocenters. The van der Waals surface area contributed by atoms with Gasteiger partial charge in [0.1, 0.15) is 30.2 Å². The summed E-state index contributed by atoms with van der Waals surface area (Å²) in [6, 6.07) is 5.92. The van der Waals surface area contributed by atoms with E-state index in [0.29, 0.717) is 18.1 Å². The first-order valence-corrected chi connectivity index (χ1v) is 10.3. The van der Waals surface area contributed by atoms with E-state index in [0.717, 1.165) is 0 Å². The van der Waals surface area contributed by atoms with Crippen molar-refractivity contribution < 1.29 is 32.2 Å². The summed E-state index contributed by atoms with van der Waals surface area (Å²) in [7, 11) is -3.32. The highest BCUT2D eigenvalue weighted by Crippen LogP contribution is 2.62. The molecule has 4 rings (SSSR count). The standard InChI is InChI=1S/C17H22FO6P/c1-4-9-25(19)23-12(10-5-7-11(18)8-6-10)13-14(24-25)15-16(20-13)22-17(2,3)21-15/h5-8,12-16H,4,9H2,1-3H3/t12-,13-,14+,15-,16-,25-/m1/s1. The lowest BCUT2D eigenvalue weighted by Crippen LogP contribution is -2.43. The van der Waals surface area contributed by atoms with Crippen molar-refractivity contribution in [2.75, 3.05) is 6.16 Å². The first-order valence-electron chi connectivity index (χ1n) is 8.53. The number of hydrogen-bond donors (Lipinski definition) is 0. The van der Waals surface area contributed by atoms with Crippen molar-refractivity contribution >= 4 is 7.60 Å². The molecule has 0 radical (unpaired) electrons. The molecule has 8 heteroatoms. The Balaban J connectivity index is 1.67. The summed E-state index contributed by atoms with van der Waals surface area (Å²) >= 11 is 0. The van der Waals surface area contributed by atoms with Gasteiger partial charge < -0.3 is 14.2 Å². The smallest absolute Gasteiger partial charge is 0.331 e. The number of hydrogen-bond acceptors (Lipinski definition) is 6. The van der Waals surface area contributed by atoms with Gasteiger partial charge in [-0.3, -0.25) is 13.6 Å². The van der Waals surface area contributed by atoms with E-state index in [1.807, 2.05) is 6.92 Å². The second-order valence-corrected chi connectivity index (χ2v) is 9.14. The van der Waals surface area contributed by atoms with Crippen molar-refractivity contribution in [3.63, 3.8) is 0 Å². The lowest BCUT2D eigenvalue weighted by molar-refractivity contribution is -0.229. The molecule has 3 aliphatic rings. The van der Waals surface area contributed by atoms with Crippen LogP contribution in [0, 0.1) is 5.82 Å². The van der Waals surface area contributed by atoms with Crippen molar-refractivity contribution in [3.8, 4) is 0 Å². The lowest BCUT2D eigenvalue weighted by atomic mass is 9.99. The maximum Gasteiger partial charge on any atom is 0.331 e. The Bertz CT molecular complexity index is 693. The number of rotatable bonds is 3. The van der Waals surface area contributed by atoms with E-state index in [-0.39, 0.29) is 5.82 Å². The Morgan fingerprint density at radius 3 is 2.48 bits per heavy atom. The zero-order valence-corrected chi connectivity index (χ0v) is 15.3. The highest BCUT2D eigenvalue weighted by Gasteiger charge is 2.62. The van der Waals surface area contributed by atoms with Gasteiger partial charge in [0.05, 0.1) is 0 Å². The van der Waals surface area contributed by atoms with E-state index in [9.17, 15) is 8.96 Å². The Morgan fingerprint density at radius 2 is 1.80 bits per heavy atom. The molecule has 1 aromatic rings. The maximum absolute atomic E-state index is 13.3. The minimum atomic E-state index is -3.32. The van der Waals surface area contributed by atoms with Gasteiger partial charge in [0, 0.05) is 6.16 Å². The Hall–Kier alpha value is -0.820. The predicted octanol–water partition coefficient (Wildman–Crippen LogP) is 3.76. The fourth-order valence-electron chi connectivity index (χ4n) is 3.59. The third-order valence-corrected chi connectivity index (χ3v) is 6.69. The molecule has 0 saturated carbocycles. The molecule has 25 heavy (non-hydrogen) atoms. The SMILES string of the molecule is CCC[P@]1(=O)O[C@@H]2[C@H]3OC(C)(C)O[C@H]3O[C@@H]2[C@@H](c2ccc(F)cc2)O1. The van der Waals surface area contributed by atoms with Gasteiger partial charge in [-0.05, 0) is 38.0 Å². The summed E-state index contributed by atoms with van der Waals surface area (Å²) in [5, 5.41) is 0. The molecule has 0 unspecified atom stereocenters. The van der Waals surface area contributed by atoms with Crippen molar-refractivity contribution in [3.05, 3.63) is 35.6 Å². The topological polar surface area (TPSA) is 63.2 Å². The van der Waals surface area contributed by atoms with Crippen LogP contribution in [0.3, 0.4) is 0 Å². The van der Waals surface area contributed by atoms with Crippen molar-refractivity contribution in [2.45, 2.75) is 63.7 Å². The van der Waals surface area contributed by atoms with Gasteiger partial charge in [-0.1, -0.05) is 19.1 Å².